The number of benzene rings is 1. The van der Waals surface area contributed by atoms with Gasteiger partial charge in [-0.1, -0.05) is 0 Å². The number of β-amino-alcohol motifs (C(OH)–C–C–N with tert-alkyl or cyclic N) is 1. The summed E-state index contributed by atoms with van der Waals surface area (Å²) in [5.74, 6) is -0.796. The minimum atomic E-state index is -4.00. The molecule has 2 atom stereocenters. The first-order valence-electron chi connectivity index (χ1n) is 7.98. The molecule has 8 nitrogen and oxygen atoms in total. The first kappa shape index (κ1) is 20.6. The molecule has 28 heavy (non-hydrogen) atoms. The van der Waals surface area contributed by atoms with Crippen molar-refractivity contribution >= 4 is 31.6 Å². The van der Waals surface area contributed by atoms with Gasteiger partial charge >= 0.3 is 0 Å². The molecule has 1 aliphatic rings. The Morgan fingerprint density at radius 2 is 2.18 bits per heavy atom. The molecule has 2 heterocycles. The van der Waals surface area contributed by atoms with E-state index in [-0.39, 0.29) is 22.9 Å². The van der Waals surface area contributed by atoms with Crippen LogP contribution >= 0.6 is 15.9 Å². The zero-order valence-corrected chi connectivity index (χ0v) is 16.7. The van der Waals surface area contributed by atoms with Gasteiger partial charge in [-0.25, -0.2) is 22.6 Å². The van der Waals surface area contributed by atoms with Crippen LogP contribution in [-0.2, 0) is 10.0 Å². The highest BCUT2D eigenvalue weighted by atomic mass is 79.9. The maximum Gasteiger partial charge on any atom is 0.244 e. The van der Waals surface area contributed by atoms with E-state index < -0.39 is 40.7 Å². The molecule has 1 aliphatic heterocycles. The van der Waals surface area contributed by atoms with E-state index in [2.05, 4.69) is 25.8 Å². The van der Waals surface area contributed by atoms with Crippen molar-refractivity contribution < 1.29 is 27.8 Å². The van der Waals surface area contributed by atoms with E-state index in [4.69, 9.17) is 11.3 Å². The lowest BCUT2D eigenvalue weighted by Gasteiger charge is -2.27. The van der Waals surface area contributed by atoms with Gasteiger partial charge < -0.3 is 14.9 Å². The fraction of sp³-hybridized carbons (Fsp3) is 0.294. The molecule has 0 aliphatic carbocycles. The number of hydrogen-bond acceptors (Lipinski definition) is 6. The topological polar surface area (TPSA) is 104 Å². The van der Waals surface area contributed by atoms with Crippen molar-refractivity contribution in [2.45, 2.75) is 16.6 Å². The zero-order valence-electron chi connectivity index (χ0n) is 14.3. The van der Waals surface area contributed by atoms with Crippen molar-refractivity contribution in [2.24, 2.45) is 0 Å². The molecule has 0 radical (unpaired) electrons. The zero-order chi connectivity index (χ0) is 20.5. The number of aliphatic hydroxyl groups excluding tert-OH is 1. The normalized spacial score (nSPS) is 22.8. The molecule has 0 amide bonds. The SMILES string of the molecule is [C-]#[N+]c1ccc(O[C@H]2CN(S(=O)(=O)c3ccc(Br)nc3)C[C@@]2(O)CO)cc1F. The third-order valence-electron chi connectivity index (χ3n) is 4.35. The predicted molar refractivity (Wildman–Crippen MR) is 99.8 cm³/mol. The number of pyridine rings is 1. The minimum Gasteiger partial charge on any atom is -0.486 e. The Kier molecular flexibility index (Phi) is 5.69. The second kappa shape index (κ2) is 7.73. The number of hydrogen-bond donors (Lipinski definition) is 2. The average molecular weight is 472 g/mol. The highest BCUT2D eigenvalue weighted by molar-refractivity contribution is 9.10. The highest BCUT2D eigenvalue weighted by Crippen LogP contribution is 2.32. The Hall–Kier alpha value is -2.10. The van der Waals surface area contributed by atoms with Gasteiger partial charge in [0.2, 0.25) is 15.7 Å². The van der Waals surface area contributed by atoms with Crippen LogP contribution in [0.15, 0.2) is 46.0 Å². The van der Waals surface area contributed by atoms with E-state index in [1.165, 1.54) is 30.5 Å². The van der Waals surface area contributed by atoms with Crippen LogP contribution in [0.3, 0.4) is 0 Å². The number of ether oxygens (including phenoxy) is 1. The van der Waals surface area contributed by atoms with Gasteiger partial charge in [-0.2, -0.15) is 4.31 Å². The first-order chi connectivity index (χ1) is 13.2. The maximum atomic E-state index is 13.8. The Morgan fingerprint density at radius 3 is 2.75 bits per heavy atom. The molecule has 0 spiro atoms. The van der Waals surface area contributed by atoms with Gasteiger partial charge in [0.15, 0.2) is 0 Å². The van der Waals surface area contributed by atoms with Crippen molar-refractivity contribution in [3.05, 3.63) is 58.4 Å². The fourth-order valence-electron chi connectivity index (χ4n) is 2.79. The maximum absolute atomic E-state index is 13.8. The number of rotatable bonds is 5. The number of sulfonamides is 1. The van der Waals surface area contributed by atoms with Crippen LogP contribution < -0.4 is 4.74 Å². The van der Waals surface area contributed by atoms with Crippen LogP contribution in [0.1, 0.15) is 0 Å². The van der Waals surface area contributed by atoms with Gasteiger partial charge in [0.25, 0.3) is 0 Å². The molecule has 148 valence electrons. The largest absolute Gasteiger partial charge is 0.486 e. The average Bonchev–Trinajstić information content (AvgIpc) is 3.00. The molecular formula is C17H15BrFN3O5S. The lowest BCUT2D eigenvalue weighted by Crippen LogP contribution is -2.48. The van der Waals surface area contributed by atoms with Gasteiger partial charge in [-0.15, -0.1) is 0 Å². The smallest absolute Gasteiger partial charge is 0.244 e. The van der Waals surface area contributed by atoms with Gasteiger partial charge in [-0.05, 0) is 40.2 Å². The van der Waals surface area contributed by atoms with Gasteiger partial charge in [0, 0.05) is 18.8 Å². The summed E-state index contributed by atoms with van der Waals surface area (Å²) in [5, 5.41) is 20.3. The Morgan fingerprint density at radius 1 is 1.43 bits per heavy atom. The van der Waals surface area contributed by atoms with Crippen molar-refractivity contribution in [1.82, 2.24) is 9.29 Å². The van der Waals surface area contributed by atoms with Crippen LogP contribution in [-0.4, -0.2) is 59.3 Å². The Bertz CT molecular complexity index is 1030. The van der Waals surface area contributed by atoms with Gasteiger partial charge in [0.1, 0.15) is 32.8 Å². The Balaban J connectivity index is 1.86. The summed E-state index contributed by atoms with van der Waals surface area (Å²) >= 11 is 3.13. The highest BCUT2D eigenvalue weighted by Gasteiger charge is 2.50. The lowest BCUT2D eigenvalue weighted by atomic mass is 10.0. The third kappa shape index (κ3) is 3.87. The minimum absolute atomic E-state index is 0.00586. The van der Waals surface area contributed by atoms with Crippen LogP contribution in [0.4, 0.5) is 10.1 Å². The van der Waals surface area contributed by atoms with Gasteiger partial charge in [-0.3, -0.25) is 0 Å². The molecule has 3 rings (SSSR count). The van der Waals surface area contributed by atoms with Crippen molar-refractivity contribution in [2.75, 3.05) is 19.7 Å². The predicted octanol–water partition coefficient (Wildman–Crippen LogP) is 1.71. The summed E-state index contributed by atoms with van der Waals surface area (Å²) in [6.45, 7) is 5.42. The molecule has 0 unspecified atom stereocenters. The summed E-state index contributed by atoms with van der Waals surface area (Å²) in [6, 6.07) is 6.35. The third-order valence-corrected chi connectivity index (χ3v) is 6.61. The molecule has 2 aromatic rings. The molecule has 0 bridgehead atoms. The summed E-state index contributed by atoms with van der Waals surface area (Å²) in [6.07, 6.45) is 0.0261. The second-order valence-corrected chi connectivity index (χ2v) is 8.96. The van der Waals surface area contributed by atoms with Crippen LogP contribution in [0.25, 0.3) is 4.85 Å². The first-order valence-corrected chi connectivity index (χ1v) is 10.2. The fourth-order valence-corrected chi connectivity index (χ4v) is 4.47. The van der Waals surface area contributed by atoms with E-state index in [9.17, 15) is 23.0 Å². The quantitative estimate of drug-likeness (QED) is 0.508. The van der Waals surface area contributed by atoms with Crippen LogP contribution in [0, 0.1) is 12.4 Å². The molecule has 1 aromatic heterocycles. The van der Waals surface area contributed by atoms with Crippen molar-refractivity contribution in [3.63, 3.8) is 0 Å². The molecule has 1 saturated heterocycles. The summed E-state index contributed by atoms with van der Waals surface area (Å²) in [7, 11) is -4.00. The van der Waals surface area contributed by atoms with Crippen molar-refractivity contribution in [1.29, 1.82) is 0 Å². The molecule has 1 fully saturated rings. The van der Waals surface area contributed by atoms with Crippen LogP contribution in [0.5, 0.6) is 5.75 Å². The monoisotopic (exact) mass is 471 g/mol. The number of aromatic nitrogens is 1. The standard InChI is InChI=1S/C17H15BrFN3O5S/c1-20-14-4-2-11(6-13(14)19)27-15-8-22(9-17(15,24)10-23)28(25,26)12-3-5-16(18)21-7-12/h2-7,15,23-24H,8-10H2/t15-,17+/m0/s1. The summed E-state index contributed by atoms with van der Waals surface area (Å²) in [4.78, 5) is 6.81. The molecule has 11 heteroatoms. The Labute approximate surface area is 169 Å². The molecule has 0 saturated carbocycles. The molecule has 2 N–H and O–H groups in total. The number of nitrogens with zero attached hydrogens (tertiary/aromatic N) is 3. The van der Waals surface area contributed by atoms with E-state index in [1.807, 2.05) is 0 Å². The van der Waals surface area contributed by atoms with Crippen LogP contribution in [0.2, 0.25) is 0 Å². The lowest BCUT2D eigenvalue weighted by molar-refractivity contribution is -0.0641. The summed E-state index contributed by atoms with van der Waals surface area (Å²) in [5.41, 5.74) is -2.08. The summed E-state index contributed by atoms with van der Waals surface area (Å²) < 4.78 is 46.4. The molecule has 1 aromatic carbocycles. The number of aliphatic hydroxyl groups is 2. The van der Waals surface area contributed by atoms with E-state index in [1.54, 1.807) is 0 Å². The van der Waals surface area contributed by atoms with E-state index in [0.717, 1.165) is 10.4 Å². The van der Waals surface area contributed by atoms with E-state index in [0.29, 0.717) is 4.60 Å². The van der Waals surface area contributed by atoms with E-state index >= 15 is 0 Å². The van der Waals surface area contributed by atoms with Crippen molar-refractivity contribution in [3.8, 4) is 5.75 Å². The van der Waals surface area contributed by atoms with Gasteiger partial charge in [0.05, 0.1) is 19.7 Å². The number of halogens is 2. The molecular weight excluding hydrogens is 457 g/mol. The second-order valence-electron chi connectivity index (χ2n) is 6.21.